The fraction of sp³-hybridized carbons (Fsp3) is 0.500. The molecular formula is C12H17NO2. The first kappa shape index (κ1) is 10.5. The number of hydrogen-bond acceptors (Lipinski definition) is 2. The van der Waals surface area contributed by atoms with E-state index in [1.165, 1.54) is 6.42 Å². The van der Waals surface area contributed by atoms with Crippen molar-refractivity contribution in [1.82, 2.24) is 0 Å². The van der Waals surface area contributed by atoms with E-state index in [9.17, 15) is 5.21 Å². The highest BCUT2D eigenvalue weighted by atomic mass is 16.9. The van der Waals surface area contributed by atoms with Gasteiger partial charge in [0.15, 0.2) is 5.75 Å². The van der Waals surface area contributed by atoms with E-state index in [1.807, 2.05) is 30.3 Å². The van der Waals surface area contributed by atoms with Crippen molar-refractivity contribution in [1.29, 1.82) is 0 Å². The van der Waals surface area contributed by atoms with Crippen LogP contribution in [0.5, 0.6) is 5.75 Å². The normalized spacial score (nSPS) is 19.8. The van der Waals surface area contributed by atoms with Crippen LogP contribution in [-0.4, -0.2) is 6.04 Å². The van der Waals surface area contributed by atoms with Crippen LogP contribution in [0.4, 0.5) is 0 Å². The maximum atomic E-state index is 11.7. The Balaban J connectivity index is 1.88. The van der Waals surface area contributed by atoms with Crippen molar-refractivity contribution in [2.45, 2.75) is 38.1 Å². The zero-order valence-electron chi connectivity index (χ0n) is 8.82. The summed E-state index contributed by atoms with van der Waals surface area (Å²) in [7, 11) is 0. The third-order valence-electron chi connectivity index (χ3n) is 2.90. The molecular weight excluding hydrogens is 190 g/mol. The number of nitrogens with one attached hydrogen (secondary N) is 1. The molecule has 1 fully saturated rings. The molecule has 0 aliphatic heterocycles. The molecule has 1 aliphatic carbocycles. The lowest BCUT2D eigenvalue weighted by Crippen LogP contribution is -3.13. The maximum absolute atomic E-state index is 11.7. The topological polar surface area (TPSA) is 36.7 Å². The quantitative estimate of drug-likeness (QED) is 0.766. The Labute approximate surface area is 90.2 Å². The van der Waals surface area contributed by atoms with Crippen LogP contribution >= 0.6 is 0 Å². The van der Waals surface area contributed by atoms with E-state index in [4.69, 9.17) is 4.84 Å². The van der Waals surface area contributed by atoms with Gasteiger partial charge in [-0.2, -0.15) is 5.23 Å². The molecule has 1 N–H and O–H groups in total. The molecule has 0 heterocycles. The van der Waals surface area contributed by atoms with Crippen molar-refractivity contribution in [2.24, 2.45) is 0 Å². The molecule has 1 aromatic rings. The maximum Gasteiger partial charge on any atom is 0.190 e. The van der Waals surface area contributed by atoms with Crippen molar-refractivity contribution >= 4 is 0 Å². The zero-order valence-corrected chi connectivity index (χ0v) is 8.82. The van der Waals surface area contributed by atoms with Gasteiger partial charge in [0.1, 0.15) is 6.04 Å². The Bertz CT molecular complexity index is 283. The van der Waals surface area contributed by atoms with Crippen molar-refractivity contribution in [3.63, 3.8) is 0 Å². The van der Waals surface area contributed by atoms with Crippen molar-refractivity contribution in [2.75, 3.05) is 0 Å². The third kappa shape index (κ3) is 2.94. The summed E-state index contributed by atoms with van der Waals surface area (Å²) in [6.45, 7) is 0. The first-order valence-electron chi connectivity index (χ1n) is 5.63. The first-order valence-corrected chi connectivity index (χ1v) is 5.63. The Morgan fingerprint density at radius 1 is 1.07 bits per heavy atom. The van der Waals surface area contributed by atoms with Gasteiger partial charge >= 0.3 is 0 Å². The van der Waals surface area contributed by atoms with Crippen LogP contribution in [0.3, 0.4) is 0 Å². The number of hydrogen-bond donors (Lipinski definition) is 1. The second-order valence-corrected chi connectivity index (χ2v) is 4.07. The molecule has 1 atom stereocenters. The lowest BCUT2D eigenvalue weighted by molar-refractivity contribution is -1.04. The van der Waals surface area contributed by atoms with Crippen LogP contribution in [0.15, 0.2) is 30.3 Å². The molecule has 2 rings (SSSR count). The molecule has 82 valence electrons. The summed E-state index contributed by atoms with van der Waals surface area (Å²) in [5.74, 6) is 0.660. The molecule has 0 bridgehead atoms. The molecule has 0 saturated heterocycles. The number of quaternary nitrogens is 1. The minimum absolute atomic E-state index is 0.0547. The fourth-order valence-electron chi connectivity index (χ4n) is 2.03. The van der Waals surface area contributed by atoms with E-state index in [-0.39, 0.29) is 11.3 Å². The highest BCUT2D eigenvalue weighted by Crippen LogP contribution is 2.15. The Hall–Kier alpha value is -1.06. The van der Waals surface area contributed by atoms with E-state index >= 15 is 0 Å². The molecule has 0 radical (unpaired) electrons. The highest BCUT2D eigenvalue weighted by Gasteiger charge is 2.20. The van der Waals surface area contributed by atoms with Crippen LogP contribution < -0.4 is 10.1 Å². The van der Waals surface area contributed by atoms with Crippen molar-refractivity contribution in [3.8, 4) is 5.75 Å². The van der Waals surface area contributed by atoms with E-state index in [0.29, 0.717) is 5.75 Å². The van der Waals surface area contributed by atoms with E-state index in [0.717, 1.165) is 25.7 Å². The summed E-state index contributed by atoms with van der Waals surface area (Å²) < 4.78 is 0. The molecule has 1 saturated carbocycles. The van der Waals surface area contributed by atoms with Gasteiger partial charge in [-0.1, -0.05) is 24.6 Å². The number of benzene rings is 1. The average molecular weight is 207 g/mol. The van der Waals surface area contributed by atoms with Crippen LogP contribution in [0.1, 0.15) is 32.1 Å². The van der Waals surface area contributed by atoms with E-state index in [2.05, 4.69) is 0 Å². The summed E-state index contributed by atoms with van der Waals surface area (Å²) in [4.78, 5) is 5.31. The molecule has 1 unspecified atom stereocenters. The van der Waals surface area contributed by atoms with Gasteiger partial charge in [0.05, 0.1) is 0 Å². The second kappa shape index (κ2) is 5.14. The van der Waals surface area contributed by atoms with Crippen molar-refractivity contribution < 1.29 is 10.1 Å². The minimum Gasteiger partial charge on any atom is -0.591 e. The summed E-state index contributed by atoms with van der Waals surface area (Å²) in [5, 5.41) is 11.7. The lowest BCUT2D eigenvalue weighted by atomic mass is 9.96. The van der Waals surface area contributed by atoms with Crippen LogP contribution in [-0.2, 0) is 0 Å². The number of rotatable bonds is 3. The van der Waals surface area contributed by atoms with Gasteiger partial charge < -0.3 is 10.0 Å². The summed E-state index contributed by atoms with van der Waals surface area (Å²) in [6.07, 6.45) is 5.57. The summed E-state index contributed by atoms with van der Waals surface area (Å²) in [6, 6.07) is 9.44. The fourth-order valence-corrected chi connectivity index (χ4v) is 2.03. The van der Waals surface area contributed by atoms with E-state index < -0.39 is 0 Å². The average Bonchev–Trinajstić information content (AvgIpc) is 2.31. The second-order valence-electron chi connectivity index (χ2n) is 4.07. The van der Waals surface area contributed by atoms with Crippen molar-refractivity contribution in [3.05, 3.63) is 35.5 Å². The predicted molar refractivity (Wildman–Crippen MR) is 58.3 cm³/mol. The van der Waals surface area contributed by atoms with Crippen LogP contribution in [0.25, 0.3) is 0 Å². The molecule has 3 nitrogen and oxygen atoms in total. The standard InChI is InChI=1S/C12H17NO2/c14-13(11-7-3-1-4-8-11)15-12-9-5-2-6-10-12/h2,5-6,9-11,13H,1,3-4,7-8H2. The van der Waals surface area contributed by atoms with Gasteiger partial charge in [0.25, 0.3) is 0 Å². The lowest BCUT2D eigenvalue weighted by Gasteiger charge is -2.31. The minimum atomic E-state index is -0.0547. The molecule has 0 aromatic heterocycles. The molecule has 1 aromatic carbocycles. The molecule has 1 aliphatic rings. The van der Waals surface area contributed by atoms with Crippen LogP contribution in [0, 0.1) is 5.21 Å². The molecule has 0 amide bonds. The largest absolute Gasteiger partial charge is 0.591 e. The van der Waals surface area contributed by atoms with Gasteiger partial charge in [-0.05, 0) is 25.0 Å². The third-order valence-corrected chi connectivity index (χ3v) is 2.90. The van der Waals surface area contributed by atoms with Gasteiger partial charge in [-0.3, -0.25) is 0 Å². The van der Waals surface area contributed by atoms with Gasteiger partial charge in [0, 0.05) is 12.8 Å². The highest BCUT2D eigenvalue weighted by molar-refractivity contribution is 5.19. The van der Waals surface area contributed by atoms with Gasteiger partial charge in [-0.15, -0.1) is 0 Å². The predicted octanol–water partition coefficient (Wildman–Crippen LogP) is 1.70. The van der Waals surface area contributed by atoms with E-state index in [1.54, 1.807) is 0 Å². The smallest absolute Gasteiger partial charge is 0.190 e. The van der Waals surface area contributed by atoms with Gasteiger partial charge in [-0.25, -0.2) is 0 Å². The van der Waals surface area contributed by atoms with Gasteiger partial charge in [0.2, 0.25) is 0 Å². The Kier molecular flexibility index (Phi) is 3.59. The Morgan fingerprint density at radius 3 is 2.40 bits per heavy atom. The number of para-hydroxylation sites is 1. The number of hydroxylamine groups is 2. The zero-order chi connectivity index (χ0) is 10.5. The molecule has 0 spiro atoms. The summed E-state index contributed by atoms with van der Waals surface area (Å²) in [5.41, 5.74) is 0. The monoisotopic (exact) mass is 207 g/mol. The molecule has 3 heteroatoms. The summed E-state index contributed by atoms with van der Waals surface area (Å²) >= 11 is 0. The van der Waals surface area contributed by atoms with Crippen LogP contribution in [0.2, 0.25) is 0 Å². The SMILES string of the molecule is [O-][NH+](Oc1ccccc1)C1CCCCC1. The Morgan fingerprint density at radius 2 is 1.73 bits per heavy atom. The first-order chi connectivity index (χ1) is 7.36. The molecule has 15 heavy (non-hydrogen) atoms.